The van der Waals surface area contributed by atoms with E-state index in [9.17, 15) is 10.1 Å². The van der Waals surface area contributed by atoms with E-state index in [1.165, 1.54) is 6.08 Å². The zero-order valence-corrected chi connectivity index (χ0v) is 21.5. The summed E-state index contributed by atoms with van der Waals surface area (Å²) in [4.78, 5) is 12.4. The standard InChI is InChI=1S/C31H30N2O5/c1-3-4-8-17-36-26-15-12-22(18-28(26)35-2)30-24-14-13-23(19-27(24)38-31(33)25(30)20-32)37-29(34)16-11-21-9-6-5-7-10-21/h5-7,9-16,18-19,30H,3-4,8,17,33H2,1-2H3/b16-11+. The average Bonchev–Trinajstić information content (AvgIpc) is 2.94. The van der Waals surface area contributed by atoms with Gasteiger partial charge in [0.15, 0.2) is 11.5 Å². The van der Waals surface area contributed by atoms with Crippen LogP contribution in [0.1, 0.15) is 48.8 Å². The number of nitriles is 1. The van der Waals surface area contributed by atoms with Crippen LogP contribution >= 0.6 is 0 Å². The van der Waals surface area contributed by atoms with Gasteiger partial charge in [-0.15, -0.1) is 0 Å². The first-order valence-corrected chi connectivity index (χ1v) is 12.5. The van der Waals surface area contributed by atoms with Gasteiger partial charge in [0.05, 0.1) is 19.6 Å². The molecule has 0 aromatic heterocycles. The molecule has 7 nitrogen and oxygen atoms in total. The van der Waals surface area contributed by atoms with E-state index in [-0.39, 0.29) is 11.5 Å². The third kappa shape index (κ3) is 6.16. The van der Waals surface area contributed by atoms with Crippen molar-refractivity contribution in [2.75, 3.05) is 13.7 Å². The number of hydrogen-bond donors (Lipinski definition) is 1. The first kappa shape index (κ1) is 26.4. The van der Waals surface area contributed by atoms with E-state index < -0.39 is 11.9 Å². The van der Waals surface area contributed by atoms with Crippen molar-refractivity contribution in [3.05, 3.63) is 101 Å². The van der Waals surface area contributed by atoms with Gasteiger partial charge in [0.1, 0.15) is 23.1 Å². The molecule has 2 N–H and O–H groups in total. The van der Waals surface area contributed by atoms with Crippen molar-refractivity contribution in [2.45, 2.75) is 32.1 Å². The third-order valence-corrected chi connectivity index (χ3v) is 6.15. The predicted octanol–water partition coefficient (Wildman–Crippen LogP) is 6.10. The summed E-state index contributed by atoms with van der Waals surface area (Å²) in [6.07, 6.45) is 6.20. The van der Waals surface area contributed by atoms with Crippen molar-refractivity contribution in [1.82, 2.24) is 0 Å². The zero-order valence-electron chi connectivity index (χ0n) is 21.5. The highest BCUT2D eigenvalue weighted by atomic mass is 16.5. The molecule has 0 amide bonds. The molecule has 7 heteroatoms. The van der Waals surface area contributed by atoms with Crippen LogP contribution in [0.5, 0.6) is 23.0 Å². The molecule has 0 aliphatic carbocycles. The fourth-order valence-electron chi connectivity index (χ4n) is 4.24. The highest BCUT2D eigenvalue weighted by Crippen LogP contribution is 2.45. The number of unbranched alkanes of at least 4 members (excludes halogenated alkanes) is 2. The van der Waals surface area contributed by atoms with Crippen LogP contribution < -0.4 is 24.7 Å². The first-order chi connectivity index (χ1) is 18.5. The second kappa shape index (κ2) is 12.5. The molecule has 1 atom stereocenters. The number of hydrogen-bond acceptors (Lipinski definition) is 7. The van der Waals surface area contributed by atoms with Crippen LogP contribution in [-0.2, 0) is 4.79 Å². The van der Waals surface area contributed by atoms with E-state index in [0.29, 0.717) is 35.2 Å². The topological polar surface area (TPSA) is 104 Å². The van der Waals surface area contributed by atoms with Gasteiger partial charge in [0.2, 0.25) is 5.88 Å². The molecule has 0 saturated heterocycles. The molecule has 1 heterocycles. The molecular formula is C31H30N2O5. The molecule has 1 aliphatic rings. The van der Waals surface area contributed by atoms with Gasteiger partial charge < -0.3 is 24.7 Å². The van der Waals surface area contributed by atoms with E-state index in [1.807, 2.05) is 48.5 Å². The van der Waals surface area contributed by atoms with Crippen LogP contribution in [-0.4, -0.2) is 19.7 Å². The highest BCUT2D eigenvalue weighted by Gasteiger charge is 2.31. The summed E-state index contributed by atoms with van der Waals surface area (Å²) in [6.45, 7) is 2.74. The summed E-state index contributed by atoms with van der Waals surface area (Å²) in [5, 5.41) is 9.89. The molecule has 0 bridgehead atoms. The number of nitrogens with zero attached hydrogens (tertiary/aromatic N) is 1. The van der Waals surface area contributed by atoms with E-state index in [4.69, 9.17) is 24.7 Å². The van der Waals surface area contributed by atoms with Gasteiger partial charge in [-0.1, -0.05) is 62.2 Å². The Kier molecular flexibility index (Phi) is 8.68. The number of esters is 1. The number of fused-ring (bicyclic) bond motifs is 1. The Bertz CT molecular complexity index is 1390. The van der Waals surface area contributed by atoms with Crippen LogP contribution in [0.25, 0.3) is 6.08 Å². The van der Waals surface area contributed by atoms with E-state index in [2.05, 4.69) is 13.0 Å². The van der Waals surface area contributed by atoms with Gasteiger partial charge in [-0.25, -0.2) is 4.79 Å². The number of carbonyl (C=O) groups is 1. The maximum Gasteiger partial charge on any atom is 0.336 e. The van der Waals surface area contributed by atoms with Crippen molar-refractivity contribution in [3.63, 3.8) is 0 Å². The Morgan fingerprint density at radius 1 is 1.08 bits per heavy atom. The fourth-order valence-corrected chi connectivity index (χ4v) is 4.24. The Labute approximate surface area is 222 Å². The Morgan fingerprint density at radius 3 is 2.63 bits per heavy atom. The van der Waals surface area contributed by atoms with Crippen LogP contribution in [0.2, 0.25) is 0 Å². The van der Waals surface area contributed by atoms with Gasteiger partial charge in [-0.2, -0.15) is 5.26 Å². The minimum absolute atomic E-state index is 0.00342. The monoisotopic (exact) mass is 510 g/mol. The summed E-state index contributed by atoms with van der Waals surface area (Å²) in [7, 11) is 1.58. The maximum absolute atomic E-state index is 12.4. The predicted molar refractivity (Wildman–Crippen MR) is 145 cm³/mol. The summed E-state index contributed by atoms with van der Waals surface area (Å²) in [6, 6.07) is 22.3. The highest BCUT2D eigenvalue weighted by molar-refractivity contribution is 5.88. The van der Waals surface area contributed by atoms with Crippen molar-refractivity contribution >= 4 is 12.0 Å². The minimum atomic E-state index is -0.526. The summed E-state index contributed by atoms with van der Waals surface area (Å²) in [5.41, 5.74) is 8.83. The number of ether oxygens (including phenoxy) is 4. The molecule has 194 valence electrons. The van der Waals surface area contributed by atoms with Crippen LogP contribution in [0.15, 0.2) is 84.3 Å². The SMILES string of the molecule is CCCCCOc1ccc(C2C(C#N)=C(N)Oc3cc(OC(=O)/C=C/c4ccccc4)ccc32)cc1OC. The molecule has 3 aromatic rings. The van der Waals surface area contributed by atoms with E-state index in [0.717, 1.165) is 30.4 Å². The quantitative estimate of drug-likeness (QED) is 0.152. The molecule has 4 rings (SSSR count). The molecule has 1 aliphatic heterocycles. The normalized spacial score (nSPS) is 14.4. The van der Waals surface area contributed by atoms with Gasteiger partial charge in [0, 0.05) is 17.7 Å². The summed E-state index contributed by atoms with van der Waals surface area (Å²) in [5.74, 6) is 0.890. The van der Waals surface area contributed by atoms with Gasteiger partial charge in [-0.05, 0) is 41.8 Å². The Morgan fingerprint density at radius 2 is 1.89 bits per heavy atom. The molecule has 0 spiro atoms. The van der Waals surface area contributed by atoms with Crippen LogP contribution in [0.4, 0.5) is 0 Å². The minimum Gasteiger partial charge on any atom is -0.493 e. The molecule has 0 radical (unpaired) electrons. The van der Waals surface area contributed by atoms with E-state index in [1.54, 1.807) is 31.4 Å². The lowest BCUT2D eigenvalue weighted by molar-refractivity contribution is -0.128. The first-order valence-electron chi connectivity index (χ1n) is 12.5. The number of rotatable bonds is 10. The molecule has 3 aromatic carbocycles. The smallest absolute Gasteiger partial charge is 0.336 e. The molecule has 1 unspecified atom stereocenters. The summed E-state index contributed by atoms with van der Waals surface area (Å²) < 4.78 is 22.7. The fraction of sp³-hybridized carbons (Fsp3) is 0.226. The van der Waals surface area contributed by atoms with Crippen LogP contribution in [0.3, 0.4) is 0 Å². The number of methoxy groups -OCH3 is 1. The zero-order chi connectivity index (χ0) is 26.9. The summed E-state index contributed by atoms with van der Waals surface area (Å²) >= 11 is 0. The van der Waals surface area contributed by atoms with Crippen molar-refractivity contribution in [2.24, 2.45) is 5.73 Å². The van der Waals surface area contributed by atoms with Crippen molar-refractivity contribution in [3.8, 4) is 29.1 Å². The number of allylic oxidation sites excluding steroid dienone is 1. The Hall–Kier alpha value is -4.70. The van der Waals surface area contributed by atoms with Crippen molar-refractivity contribution < 1.29 is 23.7 Å². The number of carbonyl (C=O) groups excluding carboxylic acids is 1. The van der Waals surface area contributed by atoms with Gasteiger partial charge >= 0.3 is 5.97 Å². The Balaban J connectivity index is 1.59. The van der Waals surface area contributed by atoms with Gasteiger partial charge in [0.25, 0.3) is 0 Å². The van der Waals surface area contributed by atoms with E-state index >= 15 is 0 Å². The number of nitrogens with two attached hydrogens (primary N) is 1. The second-order valence-corrected chi connectivity index (χ2v) is 8.76. The second-order valence-electron chi connectivity index (χ2n) is 8.76. The third-order valence-electron chi connectivity index (χ3n) is 6.15. The lowest BCUT2D eigenvalue weighted by Crippen LogP contribution is -2.21. The average molecular weight is 511 g/mol. The van der Waals surface area contributed by atoms with Gasteiger partial charge in [-0.3, -0.25) is 0 Å². The lowest BCUT2D eigenvalue weighted by atomic mass is 9.83. The lowest BCUT2D eigenvalue weighted by Gasteiger charge is -2.27. The molecule has 0 fully saturated rings. The van der Waals surface area contributed by atoms with Crippen molar-refractivity contribution in [1.29, 1.82) is 5.26 Å². The molecular weight excluding hydrogens is 480 g/mol. The number of benzene rings is 3. The largest absolute Gasteiger partial charge is 0.493 e. The molecule has 38 heavy (non-hydrogen) atoms. The molecule has 0 saturated carbocycles. The van der Waals surface area contributed by atoms with Crippen LogP contribution in [0, 0.1) is 11.3 Å². The maximum atomic E-state index is 12.4.